The van der Waals surface area contributed by atoms with Crippen LogP contribution in [0.5, 0.6) is 0 Å². The Labute approximate surface area is 107 Å². The van der Waals surface area contributed by atoms with Gasteiger partial charge in [-0.2, -0.15) is 0 Å². The number of aliphatic carboxylic acids is 1. The van der Waals surface area contributed by atoms with Gasteiger partial charge < -0.3 is 10.4 Å². The molecule has 0 atom stereocenters. The third-order valence-electron chi connectivity index (χ3n) is 2.23. The first kappa shape index (κ1) is 13.0. The average molecular weight is 262 g/mol. The highest BCUT2D eigenvalue weighted by atomic mass is 18.2. The Morgan fingerprint density at radius 2 is 2.00 bits per heavy atom. The average Bonchev–Trinajstić information content (AvgIpc) is 2.39. The maximum Gasteiger partial charge on any atom is 0.317 e. The van der Waals surface area contributed by atoms with E-state index < -0.39 is 11.8 Å². The Morgan fingerprint density at radius 3 is 2.68 bits per heavy atom. The Hall–Kier alpha value is -2.48. The van der Waals surface area contributed by atoms with Crippen LogP contribution in [0.25, 0.3) is 11.4 Å². The Balaban J connectivity index is 2.18. The molecule has 0 saturated carbocycles. The Morgan fingerprint density at radius 1 is 1.26 bits per heavy atom. The van der Waals surface area contributed by atoms with Gasteiger partial charge in [0.1, 0.15) is 5.82 Å². The molecule has 0 amide bonds. The number of rotatable bonds is 5. The fourth-order valence-corrected chi connectivity index (χ4v) is 1.51. The molecular weight excluding hydrogens is 252 g/mol. The topological polar surface area (TPSA) is 101 Å². The number of hydrogen-bond acceptors (Lipinski definition) is 6. The van der Waals surface area contributed by atoms with Gasteiger partial charge in [-0.3, -0.25) is 4.79 Å². The van der Waals surface area contributed by atoms with E-state index in [1.54, 1.807) is 6.07 Å². The predicted molar refractivity (Wildman–Crippen MR) is 62.4 cm³/mol. The van der Waals surface area contributed by atoms with E-state index in [0.717, 1.165) is 0 Å². The number of carbonyl (C=O) groups is 1. The Kier molecular flexibility index (Phi) is 4.04. The molecule has 0 radical (unpaired) electrons. The molecule has 0 bridgehead atoms. The molecule has 19 heavy (non-hydrogen) atoms. The van der Waals surface area contributed by atoms with E-state index in [0.29, 0.717) is 11.1 Å². The molecule has 0 saturated heterocycles. The standard InChI is InChI=1S/C11H10FN5O2/c12-9-2-7(4-13-5-10(18)19)1-8(3-9)11-16-14-6-15-17-11/h1-3,6,13H,4-5H2,(H,18,19)/i12-1. The van der Waals surface area contributed by atoms with Crippen molar-refractivity contribution < 1.29 is 14.3 Å². The number of aromatic nitrogens is 4. The quantitative estimate of drug-likeness (QED) is 0.796. The summed E-state index contributed by atoms with van der Waals surface area (Å²) >= 11 is 0. The molecule has 0 aliphatic heterocycles. The highest BCUT2D eigenvalue weighted by Crippen LogP contribution is 2.17. The van der Waals surface area contributed by atoms with E-state index in [1.807, 2.05) is 0 Å². The van der Waals surface area contributed by atoms with Crippen LogP contribution in [-0.2, 0) is 11.3 Å². The third-order valence-corrected chi connectivity index (χ3v) is 2.23. The summed E-state index contributed by atoms with van der Waals surface area (Å²) in [6.45, 7) is 0.0293. The first-order chi connectivity index (χ1) is 9.15. The van der Waals surface area contributed by atoms with Crippen molar-refractivity contribution in [1.82, 2.24) is 25.7 Å². The lowest BCUT2D eigenvalue weighted by Crippen LogP contribution is -2.21. The van der Waals surface area contributed by atoms with E-state index >= 15 is 0 Å². The lowest BCUT2D eigenvalue weighted by atomic mass is 10.1. The predicted octanol–water partition coefficient (Wildman–Crippen LogP) is 0.247. The van der Waals surface area contributed by atoms with Crippen LogP contribution in [0.1, 0.15) is 5.56 Å². The number of halogens is 1. The number of nitrogens with one attached hydrogen (secondary N) is 1. The highest BCUT2D eigenvalue weighted by molar-refractivity contribution is 5.69. The summed E-state index contributed by atoms with van der Waals surface area (Å²) < 4.78 is 13.5. The molecular formula is C11H10FN5O2. The molecule has 0 aliphatic rings. The number of benzene rings is 1. The van der Waals surface area contributed by atoms with Gasteiger partial charge in [0, 0.05) is 12.1 Å². The monoisotopic (exact) mass is 262 g/mol. The summed E-state index contributed by atoms with van der Waals surface area (Å²) in [7, 11) is 0. The van der Waals surface area contributed by atoms with Gasteiger partial charge in [0.25, 0.3) is 0 Å². The van der Waals surface area contributed by atoms with Crippen LogP contribution in [0.3, 0.4) is 0 Å². The van der Waals surface area contributed by atoms with Gasteiger partial charge in [-0.1, -0.05) is 0 Å². The van der Waals surface area contributed by atoms with Crippen LogP contribution in [0.15, 0.2) is 24.5 Å². The SMILES string of the molecule is O=C(O)CNCc1cc([18F])cc(-c2nncnn2)c1. The van der Waals surface area contributed by atoms with Crippen LogP contribution in [-0.4, -0.2) is 38.0 Å². The van der Waals surface area contributed by atoms with Gasteiger partial charge >= 0.3 is 5.97 Å². The van der Waals surface area contributed by atoms with Crippen molar-refractivity contribution in [3.63, 3.8) is 0 Å². The maximum absolute atomic E-state index is 13.5. The molecule has 0 aliphatic carbocycles. The highest BCUT2D eigenvalue weighted by Gasteiger charge is 2.07. The van der Waals surface area contributed by atoms with Crippen molar-refractivity contribution in [3.05, 3.63) is 35.9 Å². The van der Waals surface area contributed by atoms with Gasteiger partial charge in [-0.05, 0) is 23.8 Å². The minimum atomic E-state index is -0.976. The summed E-state index contributed by atoms with van der Waals surface area (Å²) in [4.78, 5) is 10.4. The van der Waals surface area contributed by atoms with Gasteiger partial charge in [-0.15, -0.1) is 20.4 Å². The maximum atomic E-state index is 13.5. The zero-order chi connectivity index (χ0) is 13.7. The van der Waals surface area contributed by atoms with Crippen LogP contribution >= 0.6 is 0 Å². The van der Waals surface area contributed by atoms with Crippen molar-refractivity contribution in [2.75, 3.05) is 6.54 Å². The van der Waals surface area contributed by atoms with Crippen LogP contribution in [0.4, 0.5) is 4.39 Å². The molecule has 1 aromatic heterocycles. The first-order valence-electron chi connectivity index (χ1n) is 5.38. The summed E-state index contributed by atoms with van der Waals surface area (Å²) in [6.07, 6.45) is 1.18. The van der Waals surface area contributed by atoms with Gasteiger partial charge in [-0.25, -0.2) is 4.39 Å². The van der Waals surface area contributed by atoms with Crippen LogP contribution in [0, 0.1) is 5.82 Å². The van der Waals surface area contributed by atoms with E-state index in [2.05, 4.69) is 25.7 Å². The smallest absolute Gasteiger partial charge is 0.317 e. The van der Waals surface area contributed by atoms with Crippen LogP contribution < -0.4 is 5.32 Å². The Bertz CT molecular complexity index is 579. The van der Waals surface area contributed by atoms with E-state index in [4.69, 9.17) is 5.11 Å². The van der Waals surface area contributed by atoms with E-state index in [-0.39, 0.29) is 18.9 Å². The molecule has 2 N–H and O–H groups in total. The lowest BCUT2D eigenvalue weighted by molar-refractivity contribution is -0.135. The second-order valence-corrected chi connectivity index (χ2v) is 3.72. The number of carboxylic acids is 1. The minimum absolute atomic E-state index is 0.198. The van der Waals surface area contributed by atoms with Crippen LogP contribution in [0.2, 0.25) is 0 Å². The number of hydrogen-bond donors (Lipinski definition) is 2. The summed E-state index contributed by atoms with van der Waals surface area (Å²) in [5.41, 5.74) is 1.02. The van der Waals surface area contributed by atoms with Crippen molar-refractivity contribution in [2.45, 2.75) is 6.54 Å². The van der Waals surface area contributed by atoms with E-state index in [9.17, 15) is 9.18 Å². The van der Waals surface area contributed by atoms with Crippen molar-refractivity contribution in [3.8, 4) is 11.4 Å². The third kappa shape index (κ3) is 3.75. The molecule has 0 fully saturated rings. The summed E-state index contributed by atoms with van der Waals surface area (Å²) in [5, 5.41) is 25.8. The molecule has 2 rings (SSSR count). The normalized spacial score (nSPS) is 10.4. The summed E-state index contributed by atoms with van der Waals surface area (Å²) in [5.74, 6) is -1.23. The second kappa shape index (κ2) is 5.91. The van der Waals surface area contributed by atoms with Crippen molar-refractivity contribution in [2.24, 2.45) is 0 Å². The molecule has 1 aromatic carbocycles. The molecule has 7 nitrogen and oxygen atoms in total. The molecule has 98 valence electrons. The zero-order valence-corrected chi connectivity index (χ0v) is 9.75. The zero-order valence-electron chi connectivity index (χ0n) is 9.75. The first-order valence-corrected chi connectivity index (χ1v) is 5.38. The fourth-order valence-electron chi connectivity index (χ4n) is 1.51. The molecule has 0 spiro atoms. The minimum Gasteiger partial charge on any atom is -0.480 e. The number of nitrogens with zero attached hydrogens (tertiary/aromatic N) is 4. The fraction of sp³-hybridized carbons (Fsp3) is 0.182. The molecule has 1 heterocycles. The molecule has 8 heteroatoms. The molecule has 2 aromatic rings. The van der Waals surface area contributed by atoms with Gasteiger partial charge in [0.05, 0.1) is 6.54 Å². The number of carboxylic acid groups (broad SMARTS) is 1. The van der Waals surface area contributed by atoms with Gasteiger partial charge in [0.2, 0.25) is 5.82 Å². The van der Waals surface area contributed by atoms with Gasteiger partial charge in [0.15, 0.2) is 6.33 Å². The molecule has 0 unspecified atom stereocenters. The summed E-state index contributed by atoms with van der Waals surface area (Å²) in [6, 6.07) is 4.22. The van der Waals surface area contributed by atoms with E-state index in [1.165, 1.54) is 18.5 Å². The van der Waals surface area contributed by atoms with Crippen molar-refractivity contribution >= 4 is 5.97 Å². The lowest BCUT2D eigenvalue weighted by Gasteiger charge is -2.05. The second-order valence-electron chi connectivity index (χ2n) is 3.72. The largest absolute Gasteiger partial charge is 0.480 e. The van der Waals surface area contributed by atoms with Crippen molar-refractivity contribution in [1.29, 1.82) is 0 Å².